The Morgan fingerprint density at radius 3 is 2.39 bits per heavy atom. The minimum atomic E-state index is -0.553. The van der Waals surface area contributed by atoms with Gasteiger partial charge in [0.2, 0.25) is 11.8 Å². The fourth-order valence-electron chi connectivity index (χ4n) is 2.09. The van der Waals surface area contributed by atoms with Crippen molar-refractivity contribution in [3.8, 4) is 0 Å². The van der Waals surface area contributed by atoms with E-state index in [2.05, 4.69) is 10.2 Å². The van der Waals surface area contributed by atoms with Gasteiger partial charge < -0.3 is 9.32 Å². The molecule has 0 bridgehead atoms. The van der Waals surface area contributed by atoms with Crippen molar-refractivity contribution in [2.45, 2.75) is 26.8 Å². The highest BCUT2D eigenvalue weighted by Gasteiger charge is 2.21. The monoisotopic (exact) mass is 321 g/mol. The maximum Gasteiger partial charge on any atom is 0.331 e. The zero-order chi connectivity index (χ0) is 17.1. The van der Waals surface area contributed by atoms with Gasteiger partial charge in [0.25, 0.3) is 11.5 Å². The number of carbonyl (C=O) groups excluding carboxylic acids is 1. The summed E-state index contributed by atoms with van der Waals surface area (Å²) in [4.78, 5) is 37.8. The molecule has 0 unspecified atom stereocenters. The Bertz CT molecular complexity index is 832. The second-order valence-electron chi connectivity index (χ2n) is 5.03. The second-order valence-corrected chi connectivity index (χ2v) is 5.03. The van der Waals surface area contributed by atoms with Gasteiger partial charge in [-0.15, -0.1) is 10.2 Å². The van der Waals surface area contributed by atoms with Gasteiger partial charge in [0.05, 0.1) is 6.54 Å². The molecular weight excluding hydrogens is 302 g/mol. The van der Waals surface area contributed by atoms with E-state index in [1.807, 2.05) is 6.92 Å². The Balaban J connectivity index is 2.33. The van der Waals surface area contributed by atoms with Gasteiger partial charge in [-0.3, -0.25) is 18.7 Å². The third kappa shape index (κ3) is 3.22. The van der Waals surface area contributed by atoms with E-state index in [4.69, 9.17) is 4.42 Å². The van der Waals surface area contributed by atoms with Gasteiger partial charge in [0.15, 0.2) is 0 Å². The predicted molar refractivity (Wildman–Crippen MR) is 81.0 cm³/mol. The van der Waals surface area contributed by atoms with Crippen molar-refractivity contribution in [2.24, 2.45) is 14.1 Å². The standard InChI is InChI=1S/C14H19N5O4/c1-5-10-15-16-11(23-10)8-19(6-2)13(21)9-7-12(20)18(4)14(22)17(9)3/h7H,5-6,8H2,1-4H3. The first kappa shape index (κ1) is 16.7. The van der Waals surface area contributed by atoms with Gasteiger partial charge in [0, 0.05) is 33.1 Å². The molecule has 0 aromatic carbocycles. The maximum absolute atomic E-state index is 12.6. The molecular formula is C14H19N5O4. The lowest BCUT2D eigenvalue weighted by Gasteiger charge is -2.20. The number of rotatable bonds is 5. The summed E-state index contributed by atoms with van der Waals surface area (Å²) in [6.45, 7) is 4.15. The first-order valence-electron chi connectivity index (χ1n) is 7.26. The highest BCUT2D eigenvalue weighted by Crippen LogP contribution is 2.08. The maximum atomic E-state index is 12.6. The van der Waals surface area contributed by atoms with E-state index in [1.165, 1.54) is 19.0 Å². The van der Waals surface area contributed by atoms with E-state index < -0.39 is 17.2 Å². The topological polar surface area (TPSA) is 103 Å². The zero-order valence-electron chi connectivity index (χ0n) is 13.6. The van der Waals surface area contributed by atoms with Crippen molar-refractivity contribution < 1.29 is 9.21 Å². The van der Waals surface area contributed by atoms with E-state index in [1.54, 1.807) is 6.92 Å². The van der Waals surface area contributed by atoms with E-state index in [0.717, 1.165) is 15.2 Å². The van der Waals surface area contributed by atoms with Crippen LogP contribution in [0, 0.1) is 0 Å². The first-order chi connectivity index (χ1) is 10.9. The highest BCUT2D eigenvalue weighted by atomic mass is 16.4. The lowest BCUT2D eigenvalue weighted by atomic mass is 10.3. The number of aromatic nitrogens is 4. The number of nitrogens with zero attached hydrogens (tertiary/aromatic N) is 5. The van der Waals surface area contributed by atoms with Crippen molar-refractivity contribution in [3.05, 3.63) is 44.4 Å². The van der Waals surface area contributed by atoms with Crippen LogP contribution in [0.25, 0.3) is 0 Å². The van der Waals surface area contributed by atoms with Crippen LogP contribution in [0.2, 0.25) is 0 Å². The molecule has 0 saturated carbocycles. The van der Waals surface area contributed by atoms with Gasteiger partial charge in [-0.1, -0.05) is 6.92 Å². The molecule has 124 valence electrons. The Kier molecular flexibility index (Phi) is 4.77. The molecule has 9 nitrogen and oxygen atoms in total. The highest BCUT2D eigenvalue weighted by molar-refractivity contribution is 5.92. The summed E-state index contributed by atoms with van der Waals surface area (Å²) in [6, 6.07) is 1.15. The van der Waals surface area contributed by atoms with Crippen LogP contribution in [0.1, 0.15) is 36.1 Å². The predicted octanol–water partition coefficient (Wildman–Crippen LogP) is -0.308. The second kappa shape index (κ2) is 6.59. The van der Waals surface area contributed by atoms with Crippen LogP contribution in [0.3, 0.4) is 0 Å². The van der Waals surface area contributed by atoms with Crippen LogP contribution in [-0.4, -0.2) is 36.7 Å². The normalized spacial score (nSPS) is 10.8. The number of amides is 1. The largest absolute Gasteiger partial charge is 0.423 e. The molecule has 0 radical (unpaired) electrons. The van der Waals surface area contributed by atoms with Gasteiger partial charge in [-0.2, -0.15) is 0 Å². The summed E-state index contributed by atoms with van der Waals surface area (Å²) >= 11 is 0. The summed E-state index contributed by atoms with van der Waals surface area (Å²) in [7, 11) is 2.81. The molecule has 2 aromatic rings. The molecule has 0 aliphatic rings. The number of hydrogen-bond acceptors (Lipinski definition) is 6. The summed E-state index contributed by atoms with van der Waals surface area (Å²) in [5.41, 5.74) is -1.06. The molecule has 23 heavy (non-hydrogen) atoms. The molecule has 2 rings (SSSR count). The molecule has 0 atom stereocenters. The molecule has 0 saturated heterocycles. The average Bonchev–Trinajstić information content (AvgIpc) is 3.01. The Morgan fingerprint density at radius 1 is 1.17 bits per heavy atom. The zero-order valence-corrected chi connectivity index (χ0v) is 13.6. The van der Waals surface area contributed by atoms with Gasteiger partial charge in [-0.25, -0.2) is 4.79 Å². The van der Waals surface area contributed by atoms with E-state index >= 15 is 0 Å². The average molecular weight is 321 g/mol. The third-order valence-corrected chi connectivity index (χ3v) is 3.55. The van der Waals surface area contributed by atoms with Crippen molar-refractivity contribution >= 4 is 5.91 Å². The summed E-state index contributed by atoms with van der Waals surface area (Å²) in [5.74, 6) is 0.358. The van der Waals surface area contributed by atoms with Crippen molar-refractivity contribution in [2.75, 3.05) is 6.54 Å². The van der Waals surface area contributed by atoms with E-state index in [0.29, 0.717) is 24.7 Å². The van der Waals surface area contributed by atoms with Crippen LogP contribution in [0.15, 0.2) is 20.1 Å². The van der Waals surface area contributed by atoms with Crippen LogP contribution in [0.5, 0.6) is 0 Å². The SMILES string of the molecule is CCc1nnc(CN(CC)C(=O)c2cc(=O)n(C)c(=O)n2C)o1. The molecule has 0 N–H and O–H groups in total. The van der Waals surface area contributed by atoms with Gasteiger partial charge >= 0.3 is 5.69 Å². The third-order valence-electron chi connectivity index (χ3n) is 3.55. The Hall–Kier alpha value is -2.71. The summed E-state index contributed by atoms with van der Waals surface area (Å²) in [5, 5.41) is 7.73. The minimum Gasteiger partial charge on any atom is -0.423 e. The molecule has 0 aliphatic carbocycles. The van der Waals surface area contributed by atoms with Crippen molar-refractivity contribution in [1.29, 1.82) is 0 Å². The van der Waals surface area contributed by atoms with E-state index in [9.17, 15) is 14.4 Å². The first-order valence-corrected chi connectivity index (χ1v) is 7.26. The molecule has 2 heterocycles. The molecule has 9 heteroatoms. The number of carbonyl (C=O) groups is 1. The number of hydrogen-bond donors (Lipinski definition) is 0. The summed E-state index contributed by atoms with van der Waals surface area (Å²) in [6.07, 6.45) is 0.607. The lowest BCUT2D eigenvalue weighted by Crippen LogP contribution is -2.42. The molecule has 0 fully saturated rings. The van der Waals surface area contributed by atoms with Gasteiger partial charge in [0.1, 0.15) is 5.69 Å². The lowest BCUT2D eigenvalue weighted by molar-refractivity contribution is 0.0725. The smallest absolute Gasteiger partial charge is 0.331 e. The van der Waals surface area contributed by atoms with Crippen LogP contribution in [0.4, 0.5) is 0 Å². The Morgan fingerprint density at radius 2 is 1.83 bits per heavy atom. The fourth-order valence-corrected chi connectivity index (χ4v) is 2.09. The van der Waals surface area contributed by atoms with Crippen LogP contribution < -0.4 is 11.2 Å². The Labute approximate surface area is 132 Å². The van der Waals surface area contributed by atoms with Crippen molar-refractivity contribution in [3.63, 3.8) is 0 Å². The molecule has 2 aromatic heterocycles. The van der Waals surface area contributed by atoms with Crippen LogP contribution >= 0.6 is 0 Å². The molecule has 0 aliphatic heterocycles. The van der Waals surface area contributed by atoms with Crippen LogP contribution in [-0.2, 0) is 27.1 Å². The molecule has 1 amide bonds. The minimum absolute atomic E-state index is 0.0233. The van der Waals surface area contributed by atoms with E-state index in [-0.39, 0.29) is 12.2 Å². The van der Waals surface area contributed by atoms with Crippen molar-refractivity contribution in [1.82, 2.24) is 24.2 Å². The van der Waals surface area contributed by atoms with Gasteiger partial charge in [-0.05, 0) is 6.92 Å². The summed E-state index contributed by atoms with van der Waals surface area (Å²) < 4.78 is 7.49. The quantitative estimate of drug-likeness (QED) is 0.748. The number of aryl methyl sites for hydroxylation is 1. The fraction of sp³-hybridized carbons (Fsp3) is 0.500. The molecule has 0 spiro atoms.